The van der Waals surface area contributed by atoms with E-state index in [1.807, 2.05) is 18.2 Å². The Kier molecular flexibility index (Phi) is 5.46. The van der Waals surface area contributed by atoms with E-state index in [0.29, 0.717) is 29.2 Å². The molecule has 7 heteroatoms. The third-order valence-electron chi connectivity index (χ3n) is 4.02. The Morgan fingerprint density at radius 2 is 1.92 bits per heavy atom. The van der Waals surface area contributed by atoms with Crippen molar-refractivity contribution in [2.45, 2.75) is 19.8 Å². The lowest BCUT2D eigenvalue weighted by atomic mass is 10.1. The minimum atomic E-state index is -0.182. The number of halogens is 1. The lowest BCUT2D eigenvalue weighted by molar-refractivity contribution is -0.116. The molecule has 1 N–H and O–H groups in total. The Labute approximate surface area is 159 Å². The molecule has 6 nitrogen and oxygen atoms in total. The molecule has 0 aliphatic carbocycles. The van der Waals surface area contributed by atoms with Crippen LogP contribution in [0.25, 0.3) is 0 Å². The molecule has 1 aliphatic heterocycles. The van der Waals surface area contributed by atoms with E-state index >= 15 is 0 Å². The van der Waals surface area contributed by atoms with Gasteiger partial charge in [-0.15, -0.1) is 0 Å². The number of fused-ring (bicyclic) bond motifs is 1. The molecule has 26 heavy (non-hydrogen) atoms. The zero-order valence-corrected chi connectivity index (χ0v) is 16.0. The number of ketones is 1. The van der Waals surface area contributed by atoms with Gasteiger partial charge in [0.1, 0.15) is 5.75 Å². The zero-order valence-electron chi connectivity index (χ0n) is 14.4. The van der Waals surface area contributed by atoms with Gasteiger partial charge in [-0.1, -0.05) is 6.07 Å². The Morgan fingerprint density at radius 1 is 1.19 bits per heavy atom. The number of anilines is 1. The highest BCUT2D eigenvalue weighted by Crippen LogP contribution is 2.37. The minimum Gasteiger partial charge on any atom is -0.496 e. The lowest BCUT2D eigenvalue weighted by Crippen LogP contribution is -2.14. The first kappa shape index (κ1) is 18.3. The molecule has 0 fully saturated rings. The van der Waals surface area contributed by atoms with Crippen LogP contribution in [-0.4, -0.2) is 25.6 Å². The molecule has 1 amide bonds. The van der Waals surface area contributed by atoms with E-state index in [0.717, 1.165) is 15.8 Å². The van der Waals surface area contributed by atoms with Gasteiger partial charge in [0.25, 0.3) is 0 Å². The first-order chi connectivity index (χ1) is 12.5. The lowest BCUT2D eigenvalue weighted by Gasteiger charge is -2.11. The maximum absolute atomic E-state index is 12.3. The van der Waals surface area contributed by atoms with Crippen LogP contribution in [0.4, 0.5) is 5.69 Å². The number of aryl methyl sites for hydroxylation is 1. The molecule has 0 saturated carbocycles. The Hall–Kier alpha value is -2.54. The van der Waals surface area contributed by atoms with Crippen LogP contribution in [0.1, 0.15) is 29.3 Å². The zero-order chi connectivity index (χ0) is 18.7. The van der Waals surface area contributed by atoms with Crippen molar-refractivity contribution in [1.82, 2.24) is 0 Å². The topological polar surface area (TPSA) is 73.9 Å². The number of nitrogens with one attached hydrogen (secondary N) is 1. The van der Waals surface area contributed by atoms with Crippen LogP contribution in [0, 0.1) is 0 Å². The largest absolute Gasteiger partial charge is 0.496 e. The van der Waals surface area contributed by atoms with E-state index in [4.69, 9.17) is 14.2 Å². The number of hydrogen-bond donors (Lipinski definition) is 1. The van der Waals surface area contributed by atoms with Crippen molar-refractivity contribution < 1.29 is 23.8 Å². The van der Waals surface area contributed by atoms with E-state index in [1.54, 1.807) is 19.2 Å². The minimum absolute atomic E-state index is 0.108. The van der Waals surface area contributed by atoms with Gasteiger partial charge in [-0.2, -0.15) is 0 Å². The summed E-state index contributed by atoms with van der Waals surface area (Å²) in [7, 11) is 1.60. The molecule has 0 bridgehead atoms. The summed E-state index contributed by atoms with van der Waals surface area (Å²) in [5.41, 5.74) is 1.84. The molecule has 3 rings (SSSR count). The maximum atomic E-state index is 12.3. The first-order valence-electron chi connectivity index (χ1n) is 8.05. The number of carbonyl (C=O) groups excluding carboxylic acids is 2. The highest BCUT2D eigenvalue weighted by atomic mass is 79.9. The normalized spacial score (nSPS) is 12.0. The van der Waals surface area contributed by atoms with Crippen molar-refractivity contribution in [3.63, 3.8) is 0 Å². The van der Waals surface area contributed by atoms with Crippen molar-refractivity contribution in [3.05, 3.63) is 45.9 Å². The van der Waals surface area contributed by atoms with Crippen molar-refractivity contribution in [1.29, 1.82) is 0 Å². The predicted molar refractivity (Wildman–Crippen MR) is 100 cm³/mol. The second kappa shape index (κ2) is 7.78. The molecule has 136 valence electrons. The van der Waals surface area contributed by atoms with Crippen LogP contribution in [0.5, 0.6) is 17.2 Å². The molecule has 2 aromatic carbocycles. The third kappa shape index (κ3) is 3.99. The molecule has 0 atom stereocenters. The monoisotopic (exact) mass is 419 g/mol. The molecule has 0 radical (unpaired) electrons. The maximum Gasteiger partial charge on any atom is 0.231 e. The molecule has 1 heterocycles. The fourth-order valence-corrected chi connectivity index (χ4v) is 3.26. The summed E-state index contributed by atoms with van der Waals surface area (Å²) in [5.74, 6) is 1.43. The van der Waals surface area contributed by atoms with Gasteiger partial charge in [-0.05, 0) is 53.0 Å². The highest BCUT2D eigenvalue weighted by Gasteiger charge is 2.20. The van der Waals surface area contributed by atoms with E-state index in [1.165, 1.54) is 6.92 Å². The van der Waals surface area contributed by atoms with Crippen molar-refractivity contribution in [2.75, 3.05) is 19.2 Å². The van der Waals surface area contributed by atoms with Crippen LogP contribution in [0.2, 0.25) is 0 Å². The standard InChI is InChI=1S/C19H18BrNO5/c1-11(22)13-8-17-18(26-10-25-17)9-15(13)21-19(23)6-4-12-3-5-16(24-2)14(20)7-12/h3,5,7-9H,4,6,10H2,1-2H3,(H,21,23). The van der Waals surface area contributed by atoms with E-state index in [9.17, 15) is 9.59 Å². The second-order valence-corrected chi connectivity index (χ2v) is 6.68. The van der Waals surface area contributed by atoms with Crippen molar-refractivity contribution in [2.24, 2.45) is 0 Å². The number of Topliss-reactive ketones (excluding diaryl/α,β-unsaturated/α-hetero) is 1. The quantitative estimate of drug-likeness (QED) is 0.717. The van der Waals surface area contributed by atoms with Gasteiger partial charge in [0.2, 0.25) is 12.7 Å². The van der Waals surface area contributed by atoms with Crippen LogP contribution in [-0.2, 0) is 11.2 Å². The van der Waals surface area contributed by atoms with Gasteiger partial charge >= 0.3 is 0 Å². The average Bonchev–Trinajstić information content (AvgIpc) is 3.06. The second-order valence-electron chi connectivity index (χ2n) is 5.82. The average molecular weight is 420 g/mol. The summed E-state index contributed by atoms with van der Waals surface area (Å²) in [5, 5.41) is 2.80. The number of hydrogen-bond acceptors (Lipinski definition) is 5. The predicted octanol–water partition coefficient (Wildman–Crippen LogP) is 3.96. The summed E-state index contributed by atoms with van der Waals surface area (Å²) in [6.07, 6.45) is 0.846. The number of methoxy groups -OCH3 is 1. The van der Waals surface area contributed by atoms with Gasteiger partial charge in [0.05, 0.1) is 17.3 Å². The van der Waals surface area contributed by atoms with Crippen molar-refractivity contribution >= 4 is 33.3 Å². The van der Waals surface area contributed by atoms with E-state index < -0.39 is 0 Å². The first-order valence-corrected chi connectivity index (χ1v) is 8.84. The summed E-state index contributed by atoms with van der Waals surface area (Å²) in [6.45, 7) is 1.55. The Bertz CT molecular complexity index is 865. The highest BCUT2D eigenvalue weighted by molar-refractivity contribution is 9.10. The fraction of sp³-hybridized carbons (Fsp3) is 0.263. The van der Waals surface area contributed by atoms with Crippen LogP contribution in [0.3, 0.4) is 0 Å². The number of benzene rings is 2. The number of rotatable bonds is 6. The molecule has 0 spiro atoms. The van der Waals surface area contributed by atoms with Gasteiger partial charge < -0.3 is 19.5 Å². The van der Waals surface area contributed by atoms with Gasteiger partial charge in [-0.3, -0.25) is 9.59 Å². The van der Waals surface area contributed by atoms with Gasteiger partial charge in [-0.25, -0.2) is 0 Å². The van der Waals surface area contributed by atoms with Crippen LogP contribution >= 0.6 is 15.9 Å². The molecular weight excluding hydrogens is 402 g/mol. The smallest absolute Gasteiger partial charge is 0.231 e. The van der Waals surface area contributed by atoms with E-state index in [-0.39, 0.29) is 24.9 Å². The molecular formula is C19H18BrNO5. The molecule has 0 unspecified atom stereocenters. The van der Waals surface area contributed by atoms with Gasteiger partial charge in [0.15, 0.2) is 17.3 Å². The summed E-state index contributed by atoms with van der Waals surface area (Å²) >= 11 is 3.43. The third-order valence-corrected chi connectivity index (χ3v) is 4.64. The fourth-order valence-electron chi connectivity index (χ4n) is 2.67. The van der Waals surface area contributed by atoms with Gasteiger partial charge in [0, 0.05) is 18.1 Å². The van der Waals surface area contributed by atoms with Crippen LogP contribution in [0.15, 0.2) is 34.8 Å². The van der Waals surface area contributed by atoms with Crippen molar-refractivity contribution in [3.8, 4) is 17.2 Å². The molecule has 0 aromatic heterocycles. The molecule has 0 saturated heterocycles. The number of carbonyl (C=O) groups is 2. The Balaban J connectivity index is 1.68. The number of ether oxygens (including phenoxy) is 3. The van der Waals surface area contributed by atoms with Crippen LogP contribution < -0.4 is 19.5 Å². The van der Waals surface area contributed by atoms with E-state index in [2.05, 4.69) is 21.2 Å². The molecule has 2 aromatic rings. The summed E-state index contributed by atoms with van der Waals surface area (Å²) in [6, 6.07) is 8.91. The summed E-state index contributed by atoms with van der Waals surface area (Å²) < 4.78 is 16.6. The molecule has 1 aliphatic rings. The Morgan fingerprint density at radius 3 is 2.58 bits per heavy atom. The summed E-state index contributed by atoms with van der Waals surface area (Å²) in [4.78, 5) is 24.2. The number of amides is 1. The SMILES string of the molecule is COc1ccc(CCC(=O)Nc2cc3c(cc2C(C)=O)OCO3)cc1Br.